The van der Waals surface area contributed by atoms with Crippen LogP contribution in [0.5, 0.6) is 0 Å². The molecule has 0 atom stereocenters. The molecule has 3 nitrogen and oxygen atoms in total. The average Bonchev–Trinajstić information content (AvgIpc) is 2.03. The second kappa shape index (κ2) is 4.83. The highest BCUT2D eigenvalue weighted by atomic mass is 14.9. The lowest BCUT2D eigenvalue weighted by atomic mass is 10.2. The zero-order chi connectivity index (χ0) is 8.27. The summed E-state index contributed by atoms with van der Waals surface area (Å²) in [6, 6.07) is 2.04. The highest BCUT2D eigenvalue weighted by molar-refractivity contribution is 5.09. The molecule has 1 rings (SSSR count). The van der Waals surface area contributed by atoms with Gasteiger partial charge in [0, 0.05) is 17.8 Å². The fourth-order valence-corrected chi connectivity index (χ4v) is 1.04. The maximum absolute atomic E-state index is 4.36. The second-order valence-electron chi connectivity index (χ2n) is 2.62. The second-order valence-corrected chi connectivity index (χ2v) is 2.62. The van der Waals surface area contributed by atoms with E-state index in [4.69, 9.17) is 0 Å². The zero-order valence-corrected chi connectivity index (χ0v) is 8.09. The van der Waals surface area contributed by atoms with Crippen molar-refractivity contribution in [3.8, 4) is 0 Å². The van der Waals surface area contributed by atoms with Crippen molar-refractivity contribution in [2.45, 2.75) is 33.6 Å². The molecule has 3 heteroatoms. The van der Waals surface area contributed by atoms with Crippen LogP contribution in [0.2, 0.25) is 0 Å². The van der Waals surface area contributed by atoms with E-state index >= 15 is 0 Å². The van der Waals surface area contributed by atoms with E-state index in [2.05, 4.69) is 23.8 Å². The Labute approximate surface area is 73.8 Å². The molecule has 0 bridgehead atoms. The molecule has 12 heavy (non-hydrogen) atoms. The van der Waals surface area contributed by atoms with Gasteiger partial charge in [-0.1, -0.05) is 13.8 Å². The van der Waals surface area contributed by atoms with Crippen LogP contribution in [0.15, 0.2) is 6.07 Å². The molecule has 0 spiro atoms. The number of nitrogens with zero attached hydrogens (tertiary/aromatic N) is 2. The summed E-state index contributed by atoms with van der Waals surface area (Å²) in [6.45, 7) is 6.20. The predicted molar refractivity (Wildman–Crippen MR) is 50.5 cm³/mol. The van der Waals surface area contributed by atoms with Crippen molar-refractivity contribution >= 4 is 0 Å². The van der Waals surface area contributed by atoms with Gasteiger partial charge in [0.2, 0.25) is 0 Å². The van der Waals surface area contributed by atoms with E-state index < -0.39 is 0 Å². The third kappa shape index (κ3) is 2.58. The van der Waals surface area contributed by atoms with Gasteiger partial charge in [0.25, 0.3) is 0 Å². The summed E-state index contributed by atoms with van der Waals surface area (Å²) in [5.41, 5.74) is 2.23. The third-order valence-electron chi connectivity index (χ3n) is 1.63. The smallest absolute Gasteiger partial charge is 0.128 e. The van der Waals surface area contributed by atoms with Gasteiger partial charge in [-0.25, -0.2) is 9.97 Å². The number of hydrogen-bond acceptors (Lipinski definition) is 3. The Bertz CT molecular complexity index is 223. The minimum Gasteiger partial charge on any atom is -0.344 e. The van der Waals surface area contributed by atoms with Crippen LogP contribution in [0.25, 0.3) is 0 Å². The van der Waals surface area contributed by atoms with Crippen LogP contribution in [0.1, 0.15) is 31.1 Å². The van der Waals surface area contributed by atoms with E-state index in [1.54, 1.807) is 0 Å². The van der Waals surface area contributed by atoms with Gasteiger partial charge < -0.3 is 6.15 Å². The molecule has 0 radical (unpaired) electrons. The van der Waals surface area contributed by atoms with Gasteiger partial charge >= 0.3 is 0 Å². The normalized spacial score (nSPS) is 9.25. The van der Waals surface area contributed by atoms with Crippen LogP contribution in [-0.2, 0) is 12.8 Å². The fourth-order valence-electron chi connectivity index (χ4n) is 1.04. The van der Waals surface area contributed by atoms with Crippen molar-refractivity contribution in [3.63, 3.8) is 0 Å². The molecule has 0 aliphatic heterocycles. The largest absolute Gasteiger partial charge is 0.344 e. The van der Waals surface area contributed by atoms with E-state index in [-0.39, 0.29) is 6.15 Å². The summed E-state index contributed by atoms with van der Waals surface area (Å²) < 4.78 is 0. The van der Waals surface area contributed by atoms with Gasteiger partial charge in [0.15, 0.2) is 0 Å². The third-order valence-corrected chi connectivity index (χ3v) is 1.63. The van der Waals surface area contributed by atoms with Crippen LogP contribution in [-0.4, -0.2) is 9.97 Å². The molecular weight excluding hydrogens is 150 g/mol. The lowest BCUT2D eigenvalue weighted by molar-refractivity contribution is 0.869. The lowest BCUT2D eigenvalue weighted by Gasteiger charge is -2.00. The lowest BCUT2D eigenvalue weighted by Crippen LogP contribution is -1.98. The Kier molecular flexibility index (Phi) is 4.44. The molecule has 0 saturated heterocycles. The molecule has 68 valence electrons. The topological polar surface area (TPSA) is 60.8 Å². The van der Waals surface area contributed by atoms with Crippen molar-refractivity contribution < 1.29 is 0 Å². The Hall–Kier alpha value is -0.960. The van der Waals surface area contributed by atoms with Gasteiger partial charge in [-0.3, -0.25) is 0 Å². The van der Waals surface area contributed by atoms with Crippen LogP contribution in [0, 0.1) is 6.92 Å². The van der Waals surface area contributed by atoms with Gasteiger partial charge in [-0.05, 0) is 19.4 Å². The number of aromatic nitrogens is 2. The SMILES string of the molecule is CCc1cc(C)nc(CC)n1.N. The first kappa shape index (κ1) is 11.0. The zero-order valence-electron chi connectivity index (χ0n) is 8.09. The van der Waals surface area contributed by atoms with Crippen LogP contribution in [0.4, 0.5) is 0 Å². The van der Waals surface area contributed by atoms with Gasteiger partial charge in [-0.2, -0.15) is 0 Å². The van der Waals surface area contributed by atoms with E-state index in [0.29, 0.717) is 0 Å². The van der Waals surface area contributed by atoms with Crippen molar-refractivity contribution in [3.05, 3.63) is 23.3 Å². The van der Waals surface area contributed by atoms with Crippen LogP contribution in [0.3, 0.4) is 0 Å². The van der Waals surface area contributed by atoms with Crippen molar-refractivity contribution in [2.24, 2.45) is 0 Å². The standard InChI is InChI=1S/C9H14N2.H3N/c1-4-8-6-7(3)10-9(5-2)11-8;/h6H,4-5H2,1-3H3;1H3. The summed E-state index contributed by atoms with van der Waals surface area (Å²) in [6.07, 6.45) is 1.92. The van der Waals surface area contributed by atoms with Gasteiger partial charge in [0.05, 0.1) is 0 Å². The van der Waals surface area contributed by atoms with Crippen molar-refractivity contribution in [1.82, 2.24) is 16.1 Å². The summed E-state index contributed by atoms with van der Waals surface area (Å²) in [7, 11) is 0. The number of aryl methyl sites for hydroxylation is 3. The first-order valence-corrected chi connectivity index (χ1v) is 4.09. The fraction of sp³-hybridized carbons (Fsp3) is 0.556. The highest BCUT2D eigenvalue weighted by Gasteiger charge is 1.97. The molecule has 0 aliphatic carbocycles. The molecule has 0 fully saturated rings. The van der Waals surface area contributed by atoms with Crippen LogP contribution < -0.4 is 6.15 Å². The summed E-state index contributed by atoms with van der Waals surface area (Å²) in [5, 5.41) is 0. The molecule has 0 amide bonds. The van der Waals surface area contributed by atoms with Crippen LogP contribution >= 0.6 is 0 Å². The first-order chi connectivity index (χ1) is 5.26. The molecule has 3 N–H and O–H groups in total. The van der Waals surface area contributed by atoms with Crippen molar-refractivity contribution in [2.75, 3.05) is 0 Å². The molecule has 0 aliphatic rings. The monoisotopic (exact) mass is 167 g/mol. The minimum atomic E-state index is 0. The Morgan fingerprint density at radius 2 is 1.83 bits per heavy atom. The van der Waals surface area contributed by atoms with E-state index in [9.17, 15) is 0 Å². The molecule has 1 aromatic heterocycles. The summed E-state index contributed by atoms with van der Waals surface area (Å²) >= 11 is 0. The van der Waals surface area contributed by atoms with E-state index in [0.717, 1.165) is 30.1 Å². The predicted octanol–water partition coefficient (Wildman–Crippen LogP) is 2.07. The molecule has 1 heterocycles. The molecular formula is C9H17N3. The van der Waals surface area contributed by atoms with E-state index in [1.165, 1.54) is 0 Å². The Balaban J connectivity index is 0.00000121. The quantitative estimate of drug-likeness (QED) is 0.733. The first-order valence-electron chi connectivity index (χ1n) is 4.09. The molecule has 0 saturated carbocycles. The van der Waals surface area contributed by atoms with Gasteiger partial charge in [0.1, 0.15) is 5.82 Å². The molecule has 0 unspecified atom stereocenters. The molecule has 1 aromatic rings. The maximum Gasteiger partial charge on any atom is 0.128 e. The number of hydrogen-bond donors (Lipinski definition) is 1. The minimum absolute atomic E-state index is 0. The van der Waals surface area contributed by atoms with Gasteiger partial charge in [-0.15, -0.1) is 0 Å². The van der Waals surface area contributed by atoms with Crippen molar-refractivity contribution in [1.29, 1.82) is 0 Å². The summed E-state index contributed by atoms with van der Waals surface area (Å²) in [5.74, 6) is 0.960. The molecule has 0 aromatic carbocycles. The maximum atomic E-state index is 4.36. The highest BCUT2D eigenvalue weighted by Crippen LogP contribution is 2.01. The number of rotatable bonds is 2. The average molecular weight is 167 g/mol. The van der Waals surface area contributed by atoms with E-state index in [1.807, 2.05) is 13.0 Å². The Morgan fingerprint density at radius 3 is 2.33 bits per heavy atom. The Morgan fingerprint density at radius 1 is 1.17 bits per heavy atom. The summed E-state index contributed by atoms with van der Waals surface area (Å²) in [4.78, 5) is 8.65.